The fraction of sp³-hybridized carbons (Fsp3) is 0.300. The van der Waals surface area contributed by atoms with Crippen molar-refractivity contribution in [3.05, 3.63) is 64.7 Å². The molecule has 0 bridgehead atoms. The summed E-state index contributed by atoms with van der Waals surface area (Å²) in [6, 6.07) is 14.4. The Morgan fingerprint density at radius 2 is 1.81 bits per heavy atom. The van der Waals surface area contributed by atoms with Crippen LogP contribution in [0, 0.1) is 0 Å². The van der Waals surface area contributed by atoms with Gasteiger partial charge in [-0.15, -0.1) is 0 Å². The molecular formula is C20H23ClN2O3. The van der Waals surface area contributed by atoms with Crippen LogP contribution < -0.4 is 10.6 Å². The van der Waals surface area contributed by atoms with Crippen LogP contribution in [0.15, 0.2) is 48.5 Å². The molecule has 2 N–H and O–H groups in total. The van der Waals surface area contributed by atoms with E-state index in [1.807, 2.05) is 12.1 Å². The Bertz CT molecular complexity index is 732. The molecule has 6 heteroatoms. The van der Waals surface area contributed by atoms with E-state index in [2.05, 4.69) is 10.6 Å². The van der Waals surface area contributed by atoms with Crippen molar-refractivity contribution in [2.45, 2.75) is 19.3 Å². The molecule has 2 aromatic carbocycles. The van der Waals surface area contributed by atoms with Crippen LogP contribution >= 0.6 is 11.6 Å². The second-order valence-electron chi connectivity index (χ2n) is 5.82. The summed E-state index contributed by atoms with van der Waals surface area (Å²) in [4.78, 5) is 24.5. The van der Waals surface area contributed by atoms with Gasteiger partial charge in [0.15, 0.2) is 0 Å². The van der Waals surface area contributed by atoms with Gasteiger partial charge in [-0.3, -0.25) is 9.59 Å². The van der Waals surface area contributed by atoms with Crippen molar-refractivity contribution in [3.8, 4) is 0 Å². The van der Waals surface area contributed by atoms with Gasteiger partial charge < -0.3 is 15.4 Å². The fourth-order valence-electron chi connectivity index (χ4n) is 2.43. The predicted molar refractivity (Wildman–Crippen MR) is 104 cm³/mol. The number of carbonyl (C=O) groups excluding carboxylic acids is 2. The lowest BCUT2D eigenvalue weighted by molar-refractivity contribution is -0.116. The summed E-state index contributed by atoms with van der Waals surface area (Å²) in [5.41, 5.74) is 2.00. The minimum absolute atomic E-state index is 0.139. The zero-order valence-electron chi connectivity index (χ0n) is 14.8. The Labute approximate surface area is 158 Å². The molecular weight excluding hydrogens is 352 g/mol. The Kier molecular flexibility index (Phi) is 8.12. The van der Waals surface area contributed by atoms with E-state index in [0.29, 0.717) is 42.3 Å². The van der Waals surface area contributed by atoms with Crippen molar-refractivity contribution in [1.29, 1.82) is 0 Å². The van der Waals surface area contributed by atoms with Gasteiger partial charge in [-0.2, -0.15) is 0 Å². The zero-order chi connectivity index (χ0) is 18.8. The first kappa shape index (κ1) is 19.9. The monoisotopic (exact) mass is 374 g/mol. The van der Waals surface area contributed by atoms with Gasteiger partial charge in [-0.25, -0.2) is 0 Å². The maximum Gasteiger partial charge on any atom is 0.253 e. The molecule has 0 atom stereocenters. The highest BCUT2D eigenvalue weighted by atomic mass is 35.5. The number of halogens is 1. The molecule has 0 aliphatic rings. The van der Waals surface area contributed by atoms with Gasteiger partial charge in [-0.1, -0.05) is 35.9 Å². The standard InChI is InChI=1S/C20H23ClN2O3/c1-26-14-4-13-22-20(25)17-5-2-3-6-18(17)23-19(24)12-9-15-7-10-16(21)11-8-15/h2-3,5-8,10-11H,4,9,12-14H2,1H3,(H,22,25)(H,23,24). The van der Waals surface area contributed by atoms with Crippen LogP contribution in [0.2, 0.25) is 5.02 Å². The quantitative estimate of drug-likeness (QED) is 0.658. The van der Waals surface area contributed by atoms with Gasteiger partial charge in [0, 0.05) is 31.7 Å². The van der Waals surface area contributed by atoms with Crippen molar-refractivity contribution < 1.29 is 14.3 Å². The van der Waals surface area contributed by atoms with Crippen LogP contribution in [0.1, 0.15) is 28.8 Å². The molecule has 2 aromatic rings. The number of amides is 2. The fourth-order valence-corrected chi connectivity index (χ4v) is 2.55. The van der Waals surface area contributed by atoms with E-state index in [-0.39, 0.29) is 11.8 Å². The van der Waals surface area contributed by atoms with Crippen LogP contribution in [0.25, 0.3) is 0 Å². The molecule has 0 saturated carbocycles. The van der Waals surface area contributed by atoms with Gasteiger partial charge >= 0.3 is 0 Å². The minimum Gasteiger partial charge on any atom is -0.385 e. The highest BCUT2D eigenvalue weighted by Crippen LogP contribution is 2.16. The molecule has 0 aliphatic heterocycles. The molecule has 0 fully saturated rings. The van der Waals surface area contributed by atoms with Crippen molar-refractivity contribution in [3.63, 3.8) is 0 Å². The largest absolute Gasteiger partial charge is 0.385 e. The summed E-state index contributed by atoms with van der Waals surface area (Å²) in [5.74, 6) is -0.353. The third kappa shape index (κ3) is 6.50. The highest BCUT2D eigenvalue weighted by molar-refractivity contribution is 6.30. The minimum atomic E-state index is -0.213. The Balaban J connectivity index is 1.90. The van der Waals surface area contributed by atoms with Crippen molar-refractivity contribution in [2.75, 3.05) is 25.6 Å². The number of hydrogen-bond donors (Lipinski definition) is 2. The third-order valence-corrected chi connectivity index (χ3v) is 4.06. The summed E-state index contributed by atoms with van der Waals surface area (Å²) in [6.45, 7) is 1.11. The first-order chi connectivity index (χ1) is 12.6. The Morgan fingerprint density at radius 1 is 1.08 bits per heavy atom. The van der Waals surface area contributed by atoms with Crippen LogP contribution in [0.4, 0.5) is 5.69 Å². The van der Waals surface area contributed by atoms with E-state index in [1.165, 1.54) is 0 Å². The normalized spacial score (nSPS) is 10.4. The van der Waals surface area contributed by atoms with Gasteiger partial charge in [0.25, 0.3) is 5.91 Å². The maximum absolute atomic E-state index is 12.3. The van der Waals surface area contributed by atoms with Crippen LogP contribution in [-0.4, -0.2) is 32.1 Å². The third-order valence-electron chi connectivity index (χ3n) is 3.81. The molecule has 5 nitrogen and oxygen atoms in total. The van der Waals surface area contributed by atoms with Crippen LogP contribution in [0.3, 0.4) is 0 Å². The Morgan fingerprint density at radius 3 is 2.54 bits per heavy atom. The van der Waals surface area contributed by atoms with Crippen LogP contribution in [-0.2, 0) is 16.0 Å². The van der Waals surface area contributed by atoms with Gasteiger partial charge in [0.2, 0.25) is 5.91 Å². The number of hydrogen-bond acceptors (Lipinski definition) is 3. The number of benzene rings is 2. The maximum atomic E-state index is 12.3. The number of rotatable bonds is 9. The number of aryl methyl sites for hydroxylation is 1. The van der Waals surface area contributed by atoms with Gasteiger partial charge in [-0.05, 0) is 42.7 Å². The Hall–Kier alpha value is -2.37. The molecule has 2 amide bonds. The first-order valence-corrected chi connectivity index (χ1v) is 8.88. The first-order valence-electron chi connectivity index (χ1n) is 8.50. The lowest BCUT2D eigenvalue weighted by atomic mass is 10.1. The molecule has 0 spiro atoms. The second kappa shape index (κ2) is 10.6. The highest BCUT2D eigenvalue weighted by Gasteiger charge is 2.12. The van der Waals surface area contributed by atoms with Crippen molar-refractivity contribution >= 4 is 29.1 Å². The number of anilines is 1. The lowest BCUT2D eigenvalue weighted by Crippen LogP contribution is -2.26. The number of para-hydroxylation sites is 1. The summed E-state index contributed by atoms with van der Waals surface area (Å²) in [7, 11) is 1.62. The number of carbonyl (C=O) groups is 2. The average Bonchev–Trinajstić information content (AvgIpc) is 2.65. The molecule has 138 valence electrons. The van der Waals surface area contributed by atoms with E-state index in [9.17, 15) is 9.59 Å². The van der Waals surface area contributed by atoms with Gasteiger partial charge in [0.1, 0.15) is 0 Å². The second-order valence-corrected chi connectivity index (χ2v) is 6.26. The number of nitrogens with one attached hydrogen (secondary N) is 2. The zero-order valence-corrected chi connectivity index (χ0v) is 15.5. The van der Waals surface area contributed by atoms with Crippen molar-refractivity contribution in [2.24, 2.45) is 0 Å². The number of methoxy groups -OCH3 is 1. The van der Waals surface area contributed by atoms with E-state index in [4.69, 9.17) is 16.3 Å². The van der Waals surface area contributed by atoms with E-state index in [1.54, 1.807) is 43.5 Å². The molecule has 0 aliphatic carbocycles. The van der Waals surface area contributed by atoms with Crippen LogP contribution in [0.5, 0.6) is 0 Å². The lowest BCUT2D eigenvalue weighted by Gasteiger charge is -2.11. The molecule has 0 radical (unpaired) electrons. The van der Waals surface area contributed by atoms with E-state index < -0.39 is 0 Å². The predicted octanol–water partition coefficient (Wildman–Crippen LogP) is 3.68. The molecule has 0 unspecified atom stereocenters. The molecule has 0 heterocycles. The van der Waals surface area contributed by atoms with E-state index >= 15 is 0 Å². The average molecular weight is 375 g/mol. The summed E-state index contributed by atoms with van der Waals surface area (Å²) in [5, 5.41) is 6.32. The molecule has 0 aromatic heterocycles. The summed E-state index contributed by atoms with van der Waals surface area (Å²) >= 11 is 5.86. The smallest absolute Gasteiger partial charge is 0.253 e. The van der Waals surface area contributed by atoms with E-state index in [0.717, 1.165) is 12.0 Å². The molecule has 2 rings (SSSR count). The van der Waals surface area contributed by atoms with Gasteiger partial charge in [0.05, 0.1) is 11.3 Å². The molecule has 0 saturated heterocycles. The molecule has 26 heavy (non-hydrogen) atoms. The summed E-state index contributed by atoms with van der Waals surface area (Å²) < 4.78 is 4.96. The topological polar surface area (TPSA) is 67.4 Å². The SMILES string of the molecule is COCCCNC(=O)c1ccccc1NC(=O)CCc1ccc(Cl)cc1. The van der Waals surface area contributed by atoms with Crippen molar-refractivity contribution in [1.82, 2.24) is 5.32 Å². The summed E-state index contributed by atoms with van der Waals surface area (Å²) in [6.07, 6.45) is 1.66. The number of ether oxygens (including phenoxy) is 1.